The van der Waals surface area contributed by atoms with Gasteiger partial charge in [0.1, 0.15) is 0 Å². The highest BCUT2D eigenvalue weighted by atomic mass is 32.2. The molecule has 5 nitrogen and oxygen atoms in total. The normalized spacial score (nSPS) is 20.1. The molecule has 3 heterocycles. The van der Waals surface area contributed by atoms with E-state index in [2.05, 4.69) is 87.2 Å². The van der Waals surface area contributed by atoms with Gasteiger partial charge in [-0.1, -0.05) is 72.3 Å². The Kier molecular flexibility index (Phi) is 9.06. The summed E-state index contributed by atoms with van der Waals surface area (Å²) in [5.41, 5.74) is 6.73. The van der Waals surface area contributed by atoms with Crippen LogP contribution in [0, 0.1) is 0 Å². The number of likely N-dealkylation sites (tertiary alicyclic amines) is 1. The minimum atomic E-state index is -0.133. The minimum absolute atomic E-state index is 0.112. The van der Waals surface area contributed by atoms with Gasteiger partial charge in [-0.3, -0.25) is 15.1 Å². The van der Waals surface area contributed by atoms with E-state index >= 15 is 0 Å². The molecule has 1 aromatic heterocycles. The van der Waals surface area contributed by atoms with E-state index in [9.17, 15) is 4.79 Å². The Balaban J connectivity index is 1.05. The van der Waals surface area contributed by atoms with E-state index in [1.54, 1.807) is 23.5 Å². The van der Waals surface area contributed by atoms with Crippen molar-refractivity contribution in [1.29, 1.82) is 0 Å². The molecule has 2 atom stereocenters. The summed E-state index contributed by atoms with van der Waals surface area (Å²) in [6, 6.07) is 25.5. The van der Waals surface area contributed by atoms with Gasteiger partial charge in [0.15, 0.2) is 0 Å². The van der Waals surface area contributed by atoms with Crippen LogP contribution in [0.3, 0.4) is 0 Å². The van der Waals surface area contributed by atoms with Gasteiger partial charge in [-0.25, -0.2) is 0 Å². The molecule has 2 aromatic carbocycles. The summed E-state index contributed by atoms with van der Waals surface area (Å²) in [6.45, 7) is 4.04. The molecule has 0 spiro atoms. The van der Waals surface area contributed by atoms with Crippen LogP contribution in [0.2, 0.25) is 0 Å². The number of carbonyl (C=O) groups excluding carboxylic acids is 1. The van der Waals surface area contributed by atoms with E-state index in [4.69, 9.17) is 0 Å². The number of pyridine rings is 1. The average molecular weight is 513 g/mol. The van der Waals surface area contributed by atoms with Gasteiger partial charge in [-0.15, -0.1) is 11.8 Å². The number of thioether (sulfide) groups is 1. The van der Waals surface area contributed by atoms with Crippen molar-refractivity contribution in [2.24, 2.45) is 0 Å². The molecule has 192 valence electrons. The van der Waals surface area contributed by atoms with E-state index in [0.717, 1.165) is 63.2 Å². The van der Waals surface area contributed by atoms with Crippen LogP contribution in [-0.2, 0) is 4.79 Å². The molecular weight excluding hydrogens is 476 g/mol. The van der Waals surface area contributed by atoms with Crippen molar-refractivity contribution in [3.63, 3.8) is 0 Å². The van der Waals surface area contributed by atoms with Gasteiger partial charge in [0, 0.05) is 37.8 Å². The summed E-state index contributed by atoms with van der Waals surface area (Å²) >= 11 is 1.77. The number of unbranched alkanes of at least 4 members (excludes halogenated alkanes) is 1. The molecule has 2 aliphatic heterocycles. The summed E-state index contributed by atoms with van der Waals surface area (Å²) < 4.78 is 0. The van der Waals surface area contributed by atoms with Gasteiger partial charge in [-0.05, 0) is 60.6 Å². The van der Waals surface area contributed by atoms with Crippen LogP contribution in [0.25, 0.3) is 5.57 Å². The number of piperidine rings is 1. The number of benzene rings is 2. The fourth-order valence-corrected chi connectivity index (χ4v) is 6.45. The highest BCUT2D eigenvalue weighted by molar-refractivity contribution is 7.99. The predicted octanol–water partition coefficient (Wildman–Crippen LogP) is 5.28. The van der Waals surface area contributed by atoms with E-state index in [-0.39, 0.29) is 17.3 Å². The monoisotopic (exact) mass is 512 g/mol. The lowest BCUT2D eigenvalue weighted by molar-refractivity contribution is -0.122. The number of amides is 1. The van der Waals surface area contributed by atoms with Gasteiger partial charge in [0.05, 0.1) is 11.4 Å². The van der Waals surface area contributed by atoms with Crippen molar-refractivity contribution in [3.8, 4) is 0 Å². The van der Waals surface area contributed by atoms with Gasteiger partial charge in [0.2, 0.25) is 5.91 Å². The summed E-state index contributed by atoms with van der Waals surface area (Å²) in [5.74, 6) is 0.907. The van der Waals surface area contributed by atoms with E-state index in [1.807, 2.05) is 12.3 Å². The molecule has 3 aromatic rings. The van der Waals surface area contributed by atoms with Crippen molar-refractivity contribution < 1.29 is 4.79 Å². The van der Waals surface area contributed by atoms with Gasteiger partial charge >= 0.3 is 0 Å². The largest absolute Gasteiger partial charge is 0.355 e. The summed E-state index contributed by atoms with van der Waals surface area (Å²) in [7, 11) is 0. The topological polar surface area (TPSA) is 57.3 Å². The maximum atomic E-state index is 12.6. The number of hydrogen-bond acceptors (Lipinski definition) is 5. The van der Waals surface area contributed by atoms with Crippen molar-refractivity contribution in [3.05, 3.63) is 107 Å². The standard InChI is InChI=1S/C31H36N4OS/c36-30(28-23-37-31(34-28)27-14-9-17-32-22-27)33-18-7-8-19-35-20-15-26(16-21-35)29(24-10-3-1-4-11-24)25-12-5-2-6-13-25/h1-6,9-14,17,22,28,31,34H,7-8,15-16,18-21,23H2,(H,33,36). The molecule has 0 aliphatic carbocycles. The maximum absolute atomic E-state index is 12.6. The van der Waals surface area contributed by atoms with Crippen molar-refractivity contribution in [2.45, 2.75) is 37.1 Å². The third-order valence-corrected chi connectivity index (χ3v) is 8.49. The van der Waals surface area contributed by atoms with Gasteiger partial charge in [-0.2, -0.15) is 0 Å². The summed E-state index contributed by atoms with van der Waals surface area (Å²) in [6.07, 6.45) is 7.98. The zero-order valence-electron chi connectivity index (χ0n) is 21.3. The molecule has 2 unspecified atom stereocenters. The first-order valence-corrected chi connectivity index (χ1v) is 14.4. The number of aromatic nitrogens is 1. The molecule has 5 rings (SSSR count). The second-order valence-electron chi connectivity index (χ2n) is 9.77. The summed E-state index contributed by atoms with van der Waals surface area (Å²) in [5, 5.41) is 6.72. The second kappa shape index (κ2) is 13.0. The Labute approximate surface area is 224 Å². The average Bonchev–Trinajstić information content (AvgIpc) is 3.46. The molecule has 1 amide bonds. The van der Waals surface area contributed by atoms with Crippen LogP contribution in [0.4, 0.5) is 0 Å². The lowest BCUT2D eigenvalue weighted by atomic mass is 9.88. The van der Waals surface area contributed by atoms with Crippen LogP contribution in [0.5, 0.6) is 0 Å². The second-order valence-corrected chi connectivity index (χ2v) is 10.9. The van der Waals surface area contributed by atoms with Crippen LogP contribution >= 0.6 is 11.8 Å². The molecule has 2 fully saturated rings. The van der Waals surface area contributed by atoms with Crippen LogP contribution in [-0.4, -0.2) is 53.8 Å². The molecule has 2 saturated heterocycles. The first kappa shape index (κ1) is 25.7. The Morgan fingerprint density at radius 2 is 1.65 bits per heavy atom. The van der Waals surface area contributed by atoms with Crippen molar-refractivity contribution in [2.75, 3.05) is 31.9 Å². The molecule has 0 bridgehead atoms. The minimum Gasteiger partial charge on any atom is -0.355 e. The molecular formula is C31H36N4OS. The van der Waals surface area contributed by atoms with Crippen LogP contribution in [0.15, 0.2) is 90.8 Å². The Bertz CT molecular complexity index is 1120. The van der Waals surface area contributed by atoms with Crippen molar-refractivity contribution in [1.82, 2.24) is 20.5 Å². The van der Waals surface area contributed by atoms with Crippen molar-refractivity contribution >= 4 is 23.2 Å². The lowest BCUT2D eigenvalue weighted by Gasteiger charge is -2.30. The molecule has 6 heteroatoms. The van der Waals surface area contributed by atoms with E-state index in [1.165, 1.54) is 16.7 Å². The number of hydrogen-bond donors (Lipinski definition) is 2. The Hall–Kier alpha value is -2.93. The number of nitrogens with one attached hydrogen (secondary N) is 2. The highest BCUT2D eigenvalue weighted by Crippen LogP contribution is 2.33. The van der Waals surface area contributed by atoms with E-state index in [0.29, 0.717) is 0 Å². The molecule has 0 saturated carbocycles. The van der Waals surface area contributed by atoms with Crippen LogP contribution in [0.1, 0.15) is 47.7 Å². The number of carbonyl (C=O) groups is 1. The number of nitrogens with zero attached hydrogens (tertiary/aromatic N) is 2. The zero-order valence-corrected chi connectivity index (χ0v) is 22.1. The predicted molar refractivity (Wildman–Crippen MR) is 153 cm³/mol. The maximum Gasteiger partial charge on any atom is 0.238 e. The quantitative estimate of drug-likeness (QED) is 0.382. The fourth-order valence-electron chi connectivity index (χ4n) is 5.22. The Morgan fingerprint density at radius 3 is 2.30 bits per heavy atom. The Morgan fingerprint density at radius 1 is 0.946 bits per heavy atom. The highest BCUT2D eigenvalue weighted by Gasteiger charge is 2.30. The third-order valence-electron chi connectivity index (χ3n) is 7.22. The van der Waals surface area contributed by atoms with Gasteiger partial charge in [0.25, 0.3) is 0 Å². The fraction of sp³-hybridized carbons (Fsp3) is 0.355. The first-order valence-electron chi connectivity index (χ1n) is 13.4. The summed E-state index contributed by atoms with van der Waals surface area (Å²) in [4.78, 5) is 19.4. The molecule has 2 N–H and O–H groups in total. The molecule has 2 aliphatic rings. The van der Waals surface area contributed by atoms with E-state index < -0.39 is 0 Å². The van der Waals surface area contributed by atoms with Crippen LogP contribution < -0.4 is 10.6 Å². The zero-order chi connectivity index (χ0) is 25.3. The lowest BCUT2D eigenvalue weighted by Crippen LogP contribution is -2.43. The first-order chi connectivity index (χ1) is 18.3. The van der Waals surface area contributed by atoms with Gasteiger partial charge < -0.3 is 10.2 Å². The third kappa shape index (κ3) is 6.89. The number of rotatable bonds is 9. The smallest absolute Gasteiger partial charge is 0.238 e. The SMILES string of the molecule is O=C(NCCCCN1CCC(=C(c2ccccc2)c2ccccc2)CC1)C1CSC(c2cccnc2)N1. The molecule has 37 heavy (non-hydrogen) atoms. The molecule has 0 radical (unpaired) electrons.